The van der Waals surface area contributed by atoms with Crippen LogP contribution in [0.5, 0.6) is 5.75 Å². The van der Waals surface area contributed by atoms with E-state index in [9.17, 15) is 9.59 Å². The fourth-order valence-electron chi connectivity index (χ4n) is 2.87. The molecule has 1 aromatic heterocycles. The normalized spacial score (nSPS) is 10.6. The lowest BCUT2D eigenvalue weighted by atomic mass is 10.1. The Bertz CT molecular complexity index is 883. The second-order valence-electron chi connectivity index (χ2n) is 6.59. The van der Waals surface area contributed by atoms with Crippen LogP contribution < -0.4 is 15.6 Å². The number of aryl methyl sites for hydroxylation is 2. The first kappa shape index (κ1) is 22.7. The number of ether oxygens (including phenoxy) is 2. The van der Waals surface area contributed by atoms with Crippen LogP contribution in [0.1, 0.15) is 49.0 Å². The molecule has 2 aromatic rings. The minimum Gasteiger partial charge on any atom is -0.493 e. The van der Waals surface area contributed by atoms with E-state index in [-0.39, 0.29) is 16.6 Å². The van der Waals surface area contributed by atoms with Crippen LogP contribution in [0, 0.1) is 0 Å². The zero-order chi connectivity index (χ0) is 21.2. The second-order valence-corrected chi connectivity index (χ2v) is 6.97. The van der Waals surface area contributed by atoms with Crippen LogP contribution in [0.2, 0.25) is 5.02 Å². The van der Waals surface area contributed by atoms with Crippen molar-refractivity contribution in [1.29, 1.82) is 0 Å². The summed E-state index contributed by atoms with van der Waals surface area (Å²) in [6.07, 6.45) is 4.85. The van der Waals surface area contributed by atoms with E-state index < -0.39 is 0 Å². The van der Waals surface area contributed by atoms with E-state index in [2.05, 4.69) is 17.3 Å². The minimum absolute atomic E-state index is 0.151. The fraction of sp³-hybridized carbons (Fsp3) is 0.476. The van der Waals surface area contributed by atoms with E-state index in [1.165, 1.54) is 11.8 Å². The molecule has 8 heteroatoms. The average Bonchev–Trinajstić information content (AvgIpc) is 2.73. The molecule has 29 heavy (non-hydrogen) atoms. The quantitative estimate of drug-likeness (QED) is 0.437. The Labute approximate surface area is 176 Å². The highest BCUT2D eigenvalue weighted by molar-refractivity contribution is 6.32. The van der Waals surface area contributed by atoms with Crippen LogP contribution in [0.3, 0.4) is 0 Å². The van der Waals surface area contributed by atoms with Gasteiger partial charge in [0.05, 0.1) is 31.2 Å². The monoisotopic (exact) mass is 421 g/mol. The molecule has 1 heterocycles. The summed E-state index contributed by atoms with van der Waals surface area (Å²) in [5.74, 6) is 0.408. The zero-order valence-electron chi connectivity index (χ0n) is 17.2. The Morgan fingerprint density at radius 2 is 2.07 bits per heavy atom. The van der Waals surface area contributed by atoms with Crippen LogP contribution in [-0.2, 0) is 17.7 Å². The third-order valence-corrected chi connectivity index (χ3v) is 4.68. The first-order valence-electron chi connectivity index (χ1n) is 9.85. The number of nitrogens with one attached hydrogen (secondary N) is 1. The Balaban J connectivity index is 1.90. The van der Waals surface area contributed by atoms with E-state index in [4.69, 9.17) is 21.1 Å². The van der Waals surface area contributed by atoms with Crippen molar-refractivity contribution in [3.05, 3.63) is 50.9 Å². The predicted octanol–water partition coefficient (Wildman–Crippen LogP) is 3.93. The lowest BCUT2D eigenvalue weighted by molar-refractivity contribution is 0.0600. The molecule has 0 saturated carbocycles. The maximum absolute atomic E-state index is 12.1. The van der Waals surface area contributed by atoms with E-state index >= 15 is 0 Å². The number of anilines is 1. The van der Waals surface area contributed by atoms with Gasteiger partial charge >= 0.3 is 5.97 Å². The van der Waals surface area contributed by atoms with Crippen molar-refractivity contribution in [2.75, 3.05) is 25.6 Å². The van der Waals surface area contributed by atoms with Crippen LogP contribution in [-0.4, -0.2) is 36.0 Å². The number of hydrogen-bond acceptors (Lipinski definition) is 6. The summed E-state index contributed by atoms with van der Waals surface area (Å²) in [5, 5.41) is 7.41. The summed E-state index contributed by atoms with van der Waals surface area (Å²) in [6.45, 7) is 5.66. The molecule has 0 radical (unpaired) electrons. The van der Waals surface area contributed by atoms with Gasteiger partial charge in [0.1, 0.15) is 10.8 Å². The molecule has 0 atom stereocenters. The van der Waals surface area contributed by atoms with Gasteiger partial charge in [0.2, 0.25) is 0 Å². The molecule has 0 amide bonds. The number of halogens is 1. The van der Waals surface area contributed by atoms with Gasteiger partial charge in [0, 0.05) is 13.1 Å². The highest BCUT2D eigenvalue weighted by Gasteiger charge is 2.11. The maximum atomic E-state index is 12.1. The number of rotatable bonds is 11. The number of hydrogen-bond donors (Lipinski definition) is 1. The van der Waals surface area contributed by atoms with Crippen LogP contribution >= 0.6 is 11.6 Å². The number of aromatic nitrogens is 2. The third-order valence-electron chi connectivity index (χ3n) is 4.32. The molecule has 0 aliphatic carbocycles. The van der Waals surface area contributed by atoms with Crippen molar-refractivity contribution in [1.82, 2.24) is 9.78 Å². The summed E-state index contributed by atoms with van der Waals surface area (Å²) in [5.41, 5.74) is 1.74. The van der Waals surface area contributed by atoms with Crippen molar-refractivity contribution in [3.63, 3.8) is 0 Å². The fourth-order valence-corrected chi connectivity index (χ4v) is 3.08. The lowest BCUT2D eigenvalue weighted by Gasteiger charge is -2.13. The van der Waals surface area contributed by atoms with E-state index in [1.54, 1.807) is 18.3 Å². The number of esters is 1. The molecular weight excluding hydrogens is 394 g/mol. The molecule has 0 aliphatic rings. The van der Waals surface area contributed by atoms with Crippen molar-refractivity contribution < 1.29 is 14.3 Å². The number of methoxy groups -OCH3 is 1. The van der Waals surface area contributed by atoms with E-state index in [0.29, 0.717) is 37.4 Å². The van der Waals surface area contributed by atoms with Crippen LogP contribution in [0.15, 0.2) is 29.2 Å². The molecule has 0 saturated heterocycles. The van der Waals surface area contributed by atoms with Crippen LogP contribution in [0.25, 0.3) is 0 Å². The minimum atomic E-state index is -0.357. The summed E-state index contributed by atoms with van der Waals surface area (Å²) in [4.78, 5) is 23.8. The molecule has 0 unspecified atom stereocenters. The Kier molecular flexibility index (Phi) is 8.99. The van der Waals surface area contributed by atoms with Gasteiger partial charge in [-0.3, -0.25) is 4.79 Å². The first-order chi connectivity index (χ1) is 14.0. The smallest absolute Gasteiger partial charge is 0.337 e. The molecule has 0 fully saturated rings. The Hall–Kier alpha value is -2.54. The van der Waals surface area contributed by atoms with Crippen molar-refractivity contribution in [3.8, 4) is 5.75 Å². The molecule has 158 valence electrons. The van der Waals surface area contributed by atoms with Gasteiger partial charge in [0.25, 0.3) is 5.56 Å². The SMILES string of the molecule is CCCc1cc(C(=O)OC)ccc1OCCCNc1cnn(CCC)c(=O)c1Cl. The molecule has 2 rings (SSSR count). The third kappa shape index (κ3) is 6.22. The Morgan fingerprint density at radius 3 is 2.76 bits per heavy atom. The second kappa shape index (κ2) is 11.5. The summed E-state index contributed by atoms with van der Waals surface area (Å²) < 4.78 is 12.0. The highest BCUT2D eigenvalue weighted by Crippen LogP contribution is 2.23. The van der Waals surface area contributed by atoms with Gasteiger partial charge in [0.15, 0.2) is 0 Å². The number of carbonyl (C=O) groups excluding carboxylic acids is 1. The summed E-state index contributed by atoms with van der Waals surface area (Å²) in [7, 11) is 1.37. The van der Waals surface area contributed by atoms with Crippen molar-refractivity contribution in [2.24, 2.45) is 0 Å². The van der Waals surface area contributed by atoms with Gasteiger partial charge in [-0.1, -0.05) is 31.9 Å². The van der Waals surface area contributed by atoms with Gasteiger partial charge in [-0.05, 0) is 43.0 Å². The number of benzene rings is 1. The van der Waals surface area contributed by atoms with Gasteiger partial charge in [-0.25, -0.2) is 9.48 Å². The standard InChI is InChI=1S/C21H28ClN3O4/c1-4-7-15-13-16(21(27)28-3)8-9-18(15)29-12-6-10-23-17-14-24-25(11-5-2)20(26)19(17)22/h8-9,13-14,23H,4-7,10-12H2,1-3H3. The summed E-state index contributed by atoms with van der Waals surface area (Å²) in [6, 6.07) is 5.33. The molecule has 0 spiro atoms. The number of carbonyl (C=O) groups is 1. The average molecular weight is 422 g/mol. The van der Waals surface area contributed by atoms with E-state index in [0.717, 1.165) is 30.6 Å². The van der Waals surface area contributed by atoms with Gasteiger partial charge in [-0.15, -0.1) is 0 Å². The highest BCUT2D eigenvalue weighted by atomic mass is 35.5. The molecule has 1 aromatic carbocycles. The largest absolute Gasteiger partial charge is 0.493 e. The molecule has 7 nitrogen and oxygen atoms in total. The summed E-state index contributed by atoms with van der Waals surface area (Å²) >= 11 is 6.15. The van der Waals surface area contributed by atoms with Crippen molar-refractivity contribution in [2.45, 2.75) is 46.1 Å². The van der Waals surface area contributed by atoms with E-state index in [1.807, 2.05) is 13.0 Å². The van der Waals surface area contributed by atoms with Crippen LogP contribution in [0.4, 0.5) is 5.69 Å². The zero-order valence-corrected chi connectivity index (χ0v) is 17.9. The van der Waals surface area contributed by atoms with Crippen molar-refractivity contribution >= 4 is 23.3 Å². The lowest BCUT2D eigenvalue weighted by Crippen LogP contribution is -2.24. The molecule has 0 bridgehead atoms. The molecular formula is C21H28ClN3O4. The topological polar surface area (TPSA) is 82.4 Å². The number of nitrogens with zero attached hydrogens (tertiary/aromatic N) is 2. The predicted molar refractivity (Wildman–Crippen MR) is 114 cm³/mol. The van der Waals surface area contributed by atoms with Gasteiger partial charge < -0.3 is 14.8 Å². The molecule has 0 aliphatic heterocycles. The van der Waals surface area contributed by atoms with Gasteiger partial charge in [-0.2, -0.15) is 5.10 Å². The molecule has 1 N–H and O–H groups in total. The Morgan fingerprint density at radius 1 is 1.28 bits per heavy atom. The maximum Gasteiger partial charge on any atom is 0.337 e. The first-order valence-corrected chi connectivity index (χ1v) is 10.2.